The van der Waals surface area contributed by atoms with Crippen LogP contribution in [-0.2, 0) is 11.2 Å². The fourth-order valence-corrected chi connectivity index (χ4v) is 2.74. The third-order valence-corrected chi connectivity index (χ3v) is 4.05. The smallest absolute Gasteiger partial charge is 0.223 e. The minimum absolute atomic E-state index is 0.217. The zero-order valence-electron chi connectivity index (χ0n) is 13.2. The molecule has 1 aliphatic heterocycles. The topological polar surface area (TPSA) is 108 Å². The number of nitrogens with one attached hydrogen (secondary N) is 1. The van der Waals surface area contributed by atoms with Crippen LogP contribution in [0.4, 0.5) is 0 Å². The van der Waals surface area contributed by atoms with Gasteiger partial charge in [-0.25, -0.2) is 4.98 Å². The van der Waals surface area contributed by atoms with Crippen LogP contribution in [0.5, 0.6) is 0 Å². The first-order valence-electron chi connectivity index (χ1n) is 7.75. The highest BCUT2D eigenvalue weighted by molar-refractivity contribution is 5.78. The monoisotopic (exact) mass is 311 g/mol. The summed E-state index contributed by atoms with van der Waals surface area (Å²) >= 11 is 0. The molecule has 1 aromatic heterocycles. The summed E-state index contributed by atoms with van der Waals surface area (Å²) in [5.41, 5.74) is 0.820. The van der Waals surface area contributed by atoms with Crippen LogP contribution >= 0.6 is 0 Å². The first kappa shape index (κ1) is 16.9. The van der Waals surface area contributed by atoms with Crippen molar-refractivity contribution < 1.29 is 20.1 Å². The van der Waals surface area contributed by atoms with Crippen molar-refractivity contribution in [1.29, 1.82) is 0 Å². The Morgan fingerprint density at radius 1 is 1.41 bits per heavy atom. The second kappa shape index (κ2) is 6.76. The van der Waals surface area contributed by atoms with Gasteiger partial charge >= 0.3 is 0 Å². The molecule has 1 amide bonds. The second-order valence-electron chi connectivity index (χ2n) is 6.12. The van der Waals surface area contributed by atoms with Crippen LogP contribution in [0, 0.1) is 5.92 Å². The summed E-state index contributed by atoms with van der Waals surface area (Å²) in [7, 11) is 0. The van der Waals surface area contributed by atoms with Gasteiger partial charge in [0.1, 0.15) is 24.1 Å². The normalized spacial score (nSPS) is 27.8. The number of imidazole rings is 1. The highest BCUT2D eigenvalue weighted by atomic mass is 16.3. The van der Waals surface area contributed by atoms with Crippen molar-refractivity contribution in [3.8, 4) is 0 Å². The van der Waals surface area contributed by atoms with Crippen LogP contribution in [-0.4, -0.2) is 49.6 Å². The number of nitrogens with zero attached hydrogens (tertiary/aromatic N) is 2. The maximum atomic E-state index is 12.0. The van der Waals surface area contributed by atoms with Gasteiger partial charge in [-0.15, -0.1) is 0 Å². The molecule has 1 aliphatic rings. The van der Waals surface area contributed by atoms with Crippen molar-refractivity contribution in [3.05, 3.63) is 17.7 Å². The number of carbonyl (C=O) groups excluding carboxylic acids is 1. The Balaban J connectivity index is 2.39. The average Bonchev–Trinajstić information content (AvgIpc) is 2.87. The van der Waals surface area contributed by atoms with E-state index in [0.29, 0.717) is 5.82 Å². The van der Waals surface area contributed by atoms with E-state index in [0.717, 1.165) is 18.5 Å². The zero-order chi connectivity index (χ0) is 16.4. The molecular formula is C15H25N3O4. The predicted octanol–water partition coefficient (Wildman–Crippen LogP) is -0.0823. The van der Waals surface area contributed by atoms with Crippen molar-refractivity contribution in [2.45, 2.75) is 57.9 Å². The van der Waals surface area contributed by atoms with Crippen LogP contribution in [0.2, 0.25) is 0 Å². The van der Waals surface area contributed by atoms with E-state index < -0.39 is 24.3 Å². The Bertz CT molecular complexity index is 529. The molecule has 0 spiro atoms. The van der Waals surface area contributed by atoms with Gasteiger partial charge in [-0.2, -0.15) is 0 Å². The van der Waals surface area contributed by atoms with Gasteiger partial charge in [0.05, 0.1) is 18.3 Å². The third-order valence-electron chi connectivity index (χ3n) is 4.05. The lowest BCUT2D eigenvalue weighted by Crippen LogP contribution is -2.52. The number of amides is 1. The SMILES string of the molecule is CCCc1cn2c(n1)C(NC(=O)C(C)C)C(O)[C@H](O)C2CO. The molecule has 0 bridgehead atoms. The van der Waals surface area contributed by atoms with E-state index in [1.807, 2.05) is 6.92 Å². The molecule has 7 heteroatoms. The van der Waals surface area contributed by atoms with Crippen LogP contribution in [0.25, 0.3) is 0 Å². The summed E-state index contributed by atoms with van der Waals surface area (Å²) in [5.74, 6) is 0.0259. The fraction of sp³-hybridized carbons (Fsp3) is 0.733. The van der Waals surface area contributed by atoms with Gasteiger partial charge < -0.3 is 25.2 Å². The first-order valence-corrected chi connectivity index (χ1v) is 7.75. The zero-order valence-corrected chi connectivity index (χ0v) is 13.2. The molecule has 22 heavy (non-hydrogen) atoms. The van der Waals surface area contributed by atoms with Crippen molar-refractivity contribution in [1.82, 2.24) is 14.9 Å². The van der Waals surface area contributed by atoms with Crippen molar-refractivity contribution in [2.75, 3.05) is 6.61 Å². The van der Waals surface area contributed by atoms with E-state index in [9.17, 15) is 20.1 Å². The molecule has 0 aliphatic carbocycles. The maximum Gasteiger partial charge on any atom is 0.223 e. The van der Waals surface area contributed by atoms with Crippen LogP contribution in [0.15, 0.2) is 6.20 Å². The van der Waals surface area contributed by atoms with Gasteiger partial charge in [-0.05, 0) is 6.42 Å². The van der Waals surface area contributed by atoms with Gasteiger partial charge in [0, 0.05) is 12.1 Å². The predicted molar refractivity (Wildman–Crippen MR) is 80.1 cm³/mol. The van der Waals surface area contributed by atoms with Gasteiger partial charge in [-0.1, -0.05) is 27.2 Å². The molecule has 0 fully saturated rings. The van der Waals surface area contributed by atoms with Crippen LogP contribution < -0.4 is 5.32 Å². The number of hydrogen-bond acceptors (Lipinski definition) is 5. The minimum Gasteiger partial charge on any atom is -0.394 e. The highest BCUT2D eigenvalue weighted by Gasteiger charge is 2.43. The molecule has 7 nitrogen and oxygen atoms in total. The molecule has 0 saturated heterocycles. The molecule has 2 heterocycles. The Kier molecular flexibility index (Phi) is 5.20. The summed E-state index contributed by atoms with van der Waals surface area (Å²) in [6.45, 7) is 5.24. The quantitative estimate of drug-likeness (QED) is 0.608. The molecule has 0 saturated carbocycles. The molecule has 4 atom stereocenters. The fourth-order valence-electron chi connectivity index (χ4n) is 2.74. The van der Waals surface area contributed by atoms with Crippen molar-refractivity contribution in [2.24, 2.45) is 5.92 Å². The number of aliphatic hydroxyl groups is 3. The summed E-state index contributed by atoms with van der Waals surface area (Å²) in [6, 6.07) is -1.44. The maximum absolute atomic E-state index is 12.0. The van der Waals surface area contributed by atoms with E-state index in [-0.39, 0.29) is 18.4 Å². The number of rotatable bonds is 5. The number of aliphatic hydroxyl groups excluding tert-OH is 3. The number of aryl methyl sites for hydroxylation is 1. The summed E-state index contributed by atoms with van der Waals surface area (Å²) in [6.07, 6.45) is 1.08. The van der Waals surface area contributed by atoms with E-state index in [1.165, 1.54) is 0 Å². The van der Waals surface area contributed by atoms with Gasteiger partial charge in [0.25, 0.3) is 0 Å². The number of fused-ring (bicyclic) bond motifs is 1. The molecule has 2 rings (SSSR count). The molecule has 1 aromatic rings. The van der Waals surface area contributed by atoms with E-state index in [1.54, 1.807) is 24.6 Å². The van der Waals surface area contributed by atoms with Gasteiger partial charge in [0.2, 0.25) is 5.91 Å². The highest BCUT2D eigenvalue weighted by Crippen LogP contribution is 2.32. The number of carbonyl (C=O) groups is 1. The molecular weight excluding hydrogens is 286 g/mol. The standard InChI is InChI=1S/C15H25N3O4/c1-4-5-9-6-18-10(7-19)12(20)13(21)11(14(18)16-9)17-15(22)8(2)3/h6,8,10-13,19-21H,4-5,7H2,1-3H3,(H,17,22)/t10?,11?,12-,13?/m1/s1. The number of aromatic nitrogens is 2. The first-order chi connectivity index (χ1) is 10.4. The Morgan fingerprint density at radius 3 is 2.64 bits per heavy atom. The molecule has 0 radical (unpaired) electrons. The largest absolute Gasteiger partial charge is 0.394 e. The van der Waals surface area contributed by atoms with E-state index >= 15 is 0 Å². The third kappa shape index (κ3) is 3.02. The lowest BCUT2D eigenvalue weighted by atomic mass is 9.93. The lowest BCUT2D eigenvalue weighted by Gasteiger charge is -2.38. The van der Waals surface area contributed by atoms with Crippen molar-refractivity contribution in [3.63, 3.8) is 0 Å². The Hall–Kier alpha value is -1.44. The molecule has 124 valence electrons. The van der Waals surface area contributed by atoms with Crippen LogP contribution in [0.1, 0.15) is 50.8 Å². The summed E-state index contributed by atoms with van der Waals surface area (Å²) < 4.78 is 1.67. The molecule has 4 N–H and O–H groups in total. The molecule has 0 aromatic carbocycles. The Labute approximate surface area is 130 Å². The van der Waals surface area contributed by atoms with E-state index in [2.05, 4.69) is 10.3 Å². The summed E-state index contributed by atoms with van der Waals surface area (Å²) in [5, 5.41) is 32.8. The van der Waals surface area contributed by atoms with Crippen molar-refractivity contribution >= 4 is 5.91 Å². The Morgan fingerprint density at radius 2 is 2.09 bits per heavy atom. The lowest BCUT2D eigenvalue weighted by molar-refractivity contribution is -0.128. The van der Waals surface area contributed by atoms with Crippen LogP contribution in [0.3, 0.4) is 0 Å². The van der Waals surface area contributed by atoms with Gasteiger partial charge in [0.15, 0.2) is 0 Å². The van der Waals surface area contributed by atoms with Gasteiger partial charge in [-0.3, -0.25) is 4.79 Å². The minimum atomic E-state index is -1.20. The van der Waals surface area contributed by atoms with E-state index in [4.69, 9.17) is 0 Å². The molecule has 3 unspecified atom stereocenters. The number of hydrogen-bond donors (Lipinski definition) is 4. The summed E-state index contributed by atoms with van der Waals surface area (Å²) in [4.78, 5) is 16.4. The average molecular weight is 311 g/mol. The second-order valence-corrected chi connectivity index (χ2v) is 6.12.